The van der Waals surface area contributed by atoms with Crippen molar-refractivity contribution in [1.29, 1.82) is 0 Å². The number of alkyl halides is 1. The Kier molecular flexibility index (Phi) is 3.41. The van der Waals surface area contributed by atoms with Crippen LogP contribution in [0, 0.1) is 6.92 Å². The highest BCUT2D eigenvalue weighted by molar-refractivity contribution is 9.11. The van der Waals surface area contributed by atoms with Gasteiger partial charge in [-0.3, -0.25) is 0 Å². The average Bonchev–Trinajstić information content (AvgIpc) is 2.77. The van der Waals surface area contributed by atoms with E-state index in [4.69, 9.17) is 4.74 Å². The molecule has 0 spiro atoms. The molecule has 1 unspecified atom stereocenters. The van der Waals surface area contributed by atoms with Gasteiger partial charge in [-0.25, -0.2) is 0 Å². The van der Waals surface area contributed by atoms with Crippen LogP contribution in [-0.2, 0) is 6.54 Å². The van der Waals surface area contributed by atoms with Crippen LogP contribution in [0.5, 0.6) is 5.88 Å². The van der Waals surface area contributed by atoms with E-state index in [0.29, 0.717) is 0 Å². The number of aryl methyl sites for hydroxylation is 1. The number of nitrogens with zero attached hydrogens (tertiary/aromatic N) is 1. The normalized spacial score (nSPS) is 17.9. The third kappa shape index (κ3) is 2.00. The molecule has 1 atom stereocenters. The molecule has 5 heteroatoms. The Morgan fingerprint density at radius 1 is 1.28 bits per heavy atom. The van der Waals surface area contributed by atoms with Crippen LogP contribution in [-0.4, -0.2) is 11.4 Å². The first-order valence-corrected chi connectivity index (χ1v) is 8.35. The largest absolute Gasteiger partial charge is 0.433 e. The lowest BCUT2D eigenvalue weighted by atomic mass is 10.1. The molecule has 0 radical (unpaired) electrons. The van der Waals surface area contributed by atoms with E-state index in [2.05, 4.69) is 77.5 Å². The molecule has 0 N–H and O–H groups in total. The molecule has 0 fully saturated rings. The molecule has 18 heavy (non-hydrogen) atoms. The van der Waals surface area contributed by atoms with Gasteiger partial charge < -0.3 is 4.74 Å². The van der Waals surface area contributed by atoms with Crippen LogP contribution < -0.4 is 9.30 Å². The second-order valence-corrected chi connectivity index (χ2v) is 6.82. The van der Waals surface area contributed by atoms with Gasteiger partial charge in [0.2, 0.25) is 5.52 Å². The first-order chi connectivity index (χ1) is 8.60. The van der Waals surface area contributed by atoms with Crippen molar-refractivity contribution in [2.24, 2.45) is 0 Å². The minimum absolute atomic E-state index is 0.204. The van der Waals surface area contributed by atoms with E-state index in [9.17, 15) is 0 Å². The molecule has 2 heterocycles. The Morgan fingerprint density at radius 3 is 2.72 bits per heavy atom. The predicted octanol–water partition coefficient (Wildman–Crippen LogP) is 4.12. The van der Waals surface area contributed by atoms with Crippen LogP contribution in [0.25, 0.3) is 10.9 Å². The fourth-order valence-electron chi connectivity index (χ4n) is 2.25. The number of rotatable bonds is 1. The summed E-state index contributed by atoms with van der Waals surface area (Å²) in [6.45, 7) is 2.99. The molecule has 0 aliphatic carbocycles. The van der Waals surface area contributed by atoms with Crippen LogP contribution in [0.4, 0.5) is 0 Å². The van der Waals surface area contributed by atoms with Gasteiger partial charge in [0.1, 0.15) is 4.47 Å². The van der Waals surface area contributed by atoms with Crippen LogP contribution in [0.3, 0.4) is 0 Å². The summed E-state index contributed by atoms with van der Waals surface area (Å²) in [6, 6.07) is 6.47. The maximum absolute atomic E-state index is 5.92. The molecule has 1 aromatic heterocycles. The highest BCUT2D eigenvalue weighted by atomic mass is 79.9. The summed E-state index contributed by atoms with van der Waals surface area (Å²) in [5.41, 5.74) is 2.46. The molecular weight excluding hydrogens is 426 g/mol. The van der Waals surface area contributed by atoms with Gasteiger partial charge in [-0.15, -0.1) is 0 Å². The summed E-state index contributed by atoms with van der Waals surface area (Å²) in [5, 5.41) is 2.06. The van der Waals surface area contributed by atoms with Crippen molar-refractivity contribution in [2.45, 2.75) is 19.6 Å². The average molecular weight is 437 g/mol. The minimum Gasteiger partial charge on any atom is -0.433 e. The number of aromatic nitrogens is 1. The van der Waals surface area contributed by atoms with E-state index in [-0.39, 0.29) is 6.10 Å². The number of benzene rings is 1. The summed E-state index contributed by atoms with van der Waals surface area (Å²) in [7, 11) is 0. The zero-order valence-corrected chi connectivity index (χ0v) is 14.5. The smallest absolute Gasteiger partial charge is 0.383 e. The molecule has 0 amide bonds. The summed E-state index contributed by atoms with van der Waals surface area (Å²) in [6.07, 6.45) is 0.204. The van der Waals surface area contributed by atoms with Gasteiger partial charge in [-0.1, -0.05) is 31.9 Å². The van der Waals surface area contributed by atoms with E-state index in [0.717, 1.165) is 26.7 Å². The van der Waals surface area contributed by atoms with Crippen molar-refractivity contribution in [3.8, 4) is 5.88 Å². The zero-order valence-electron chi connectivity index (χ0n) is 9.71. The number of fused-ring (bicyclic) bond motifs is 3. The molecule has 0 saturated heterocycles. The maximum Gasteiger partial charge on any atom is 0.383 e. The molecule has 0 bridgehead atoms. The lowest BCUT2D eigenvalue weighted by Gasteiger charge is -2.03. The van der Waals surface area contributed by atoms with Crippen LogP contribution >= 0.6 is 47.8 Å². The summed E-state index contributed by atoms with van der Waals surface area (Å²) in [5.74, 6) is 0.925. The number of ether oxygens (including phenoxy) is 1. The minimum atomic E-state index is 0.204. The first-order valence-electron chi connectivity index (χ1n) is 5.65. The number of hydrogen-bond donors (Lipinski definition) is 0. The first kappa shape index (κ1) is 12.9. The molecule has 0 saturated carbocycles. The van der Waals surface area contributed by atoms with Crippen molar-refractivity contribution >= 4 is 58.7 Å². The Balaban J connectivity index is 2.29. The molecular formula is C13H11Br3NO+. The summed E-state index contributed by atoms with van der Waals surface area (Å²) < 4.78 is 10.3. The van der Waals surface area contributed by atoms with Gasteiger partial charge in [0, 0.05) is 21.3 Å². The number of hydrogen-bond acceptors (Lipinski definition) is 1. The molecule has 1 aliphatic heterocycles. The highest BCUT2D eigenvalue weighted by Crippen LogP contribution is 2.32. The van der Waals surface area contributed by atoms with Crippen molar-refractivity contribution in [3.05, 3.63) is 32.7 Å². The monoisotopic (exact) mass is 434 g/mol. The third-order valence-corrected chi connectivity index (χ3v) is 5.31. The second kappa shape index (κ2) is 4.76. The van der Waals surface area contributed by atoms with Crippen molar-refractivity contribution in [1.82, 2.24) is 0 Å². The van der Waals surface area contributed by atoms with Gasteiger partial charge in [-0.05, 0) is 40.5 Å². The van der Waals surface area contributed by atoms with Crippen molar-refractivity contribution in [3.63, 3.8) is 0 Å². The van der Waals surface area contributed by atoms with E-state index in [1.54, 1.807) is 0 Å². The summed E-state index contributed by atoms with van der Waals surface area (Å²) in [4.78, 5) is 0. The van der Waals surface area contributed by atoms with E-state index in [1.165, 1.54) is 16.5 Å². The Morgan fingerprint density at radius 2 is 2.00 bits per heavy atom. The number of pyridine rings is 1. The standard InChI is InChI=1S/C13H11Br3NO/c1-7-2-12-8(3-10(7)15)4-11(16)13-17(12)6-9(5-14)18-13/h2-4,9H,5-6H2,1H3/q+1. The van der Waals surface area contributed by atoms with Crippen molar-refractivity contribution in [2.75, 3.05) is 5.33 Å². The van der Waals surface area contributed by atoms with E-state index < -0.39 is 0 Å². The highest BCUT2D eigenvalue weighted by Gasteiger charge is 2.34. The van der Waals surface area contributed by atoms with Crippen LogP contribution in [0.1, 0.15) is 5.56 Å². The maximum atomic E-state index is 5.92. The molecule has 1 aliphatic rings. The zero-order chi connectivity index (χ0) is 12.9. The van der Waals surface area contributed by atoms with Gasteiger partial charge in [0.05, 0.1) is 0 Å². The molecule has 3 rings (SSSR count). The number of halogens is 3. The lowest BCUT2D eigenvalue weighted by molar-refractivity contribution is -0.656. The lowest BCUT2D eigenvalue weighted by Crippen LogP contribution is -2.34. The predicted molar refractivity (Wildman–Crippen MR) is 82.5 cm³/mol. The van der Waals surface area contributed by atoms with Crippen LogP contribution in [0.2, 0.25) is 0 Å². The topological polar surface area (TPSA) is 13.1 Å². The summed E-state index contributed by atoms with van der Waals surface area (Å²) >= 11 is 10.7. The molecule has 94 valence electrons. The van der Waals surface area contributed by atoms with Crippen molar-refractivity contribution < 1.29 is 9.30 Å². The van der Waals surface area contributed by atoms with E-state index >= 15 is 0 Å². The Hall–Kier alpha value is -0.130. The van der Waals surface area contributed by atoms with Gasteiger partial charge in [0.25, 0.3) is 0 Å². The quantitative estimate of drug-likeness (QED) is 0.484. The molecule has 1 aromatic carbocycles. The SMILES string of the molecule is Cc1cc2c(cc1Br)cc(Br)c1[n+]2CC(CBr)O1. The van der Waals surface area contributed by atoms with Crippen LogP contribution in [0.15, 0.2) is 27.1 Å². The third-order valence-electron chi connectivity index (χ3n) is 3.17. The second-order valence-electron chi connectivity index (χ2n) is 4.46. The Labute approximate surface area is 131 Å². The fourth-order valence-corrected chi connectivity index (χ4v) is 3.50. The Bertz CT molecular complexity index is 642. The van der Waals surface area contributed by atoms with Gasteiger partial charge in [-0.2, -0.15) is 4.57 Å². The fraction of sp³-hybridized carbons (Fsp3) is 0.308. The van der Waals surface area contributed by atoms with E-state index in [1.807, 2.05) is 0 Å². The molecule has 2 nitrogen and oxygen atoms in total. The molecule has 2 aromatic rings. The van der Waals surface area contributed by atoms with Gasteiger partial charge >= 0.3 is 5.88 Å². The van der Waals surface area contributed by atoms with Gasteiger partial charge in [0.15, 0.2) is 12.6 Å².